The molecule has 1 aromatic heterocycles. The minimum atomic E-state index is -4.03. The van der Waals surface area contributed by atoms with Gasteiger partial charge in [-0.2, -0.15) is 4.31 Å². The Balaban J connectivity index is 1.70. The van der Waals surface area contributed by atoms with Crippen LogP contribution in [0.3, 0.4) is 0 Å². The summed E-state index contributed by atoms with van der Waals surface area (Å²) in [6, 6.07) is 2.34. The molecule has 0 amide bonds. The minimum absolute atomic E-state index is 0.107. The second-order valence-corrected chi connectivity index (χ2v) is 8.85. The van der Waals surface area contributed by atoms with Crippen LogP contribution in [0.1, 0.15) is 17.1 Å². The largest absolute Gasteiger partial charge is 0.370 e. The number of sulfonamides is 1. The molecular weight excluding hydrogens is 385 g/mol. The van der Waals surface area contributed by atoms with Crippen molar-refractivity contribution in [1.29, 1.82) is 0 Å². The molecule has 1 atom stereocenters. The molecule has 0 radical (unpaired) electrons. The van der Waals surface area contributed by atoms with E-state index in [1.807, 2.05) is 12.3 Å². The summed E-state index contributed by atoms with van der Waals surface area (Å²) in [5.74, 6) is -0.969. The number of rotatable bonds is 6. The standard InChI is InChI=1S/C15H16FN3O5S2/c1-10-17-12(9-25-10)8-24-14-2-3-18(7-14)26(22,23)15-5-11(16)4-13(6-15)19(20)21/h4-6,9,14H,2-3,7-8H2,1H3/t14-/m1/s1. The molecule has 0 aliphatic carbocycles. The van der Waals surface area contributed by atoms with E-state index in [9.17, 15) is 22.9 Å². The maximum absolute atomic E-state index is 13.6. The molecule has 1 saturated heterocycles. The lowest BCUT2D eigenvalue weighted by Crippen LogP contribution is -2.30. The lowest BCUT2D eigenvalue weighted by atomic mass is 10.3. The van der Waals surface area contributed by atoms with Crippen molar-refractivity contribution in [3.63, 3.8) is 0 Å². The number of ether oxygens (including phenoxy) is 1. The highest BCUT2D eigenvalue weighted by Gasteiger charge is 2.34. The molecule has 0 spiro atoms. The molecule has 140 valence electrons. The summed E-state index contributed by atoms with van der Waals surface area (Å²) in [5, 5.41) is 13.6. The normalized spacial score (nSPS) is 18.3. The van der Waals surface area contributed by atoms with Crippen molar-refractivity contribution in [3.05, 3.63) is 50.2 Å². The number of aromatic nitrogens is 1. The number of benzene rings is 1. The molecule has 1 aliphatic heterocycles. The Morgan fingerprint density at radius 1 is 1.46 bits per heavy atom. The van der Waals surface area contributed by atoms with Gasteiger partial charge in [0.1, 0.15) is 5.82 Å². The Kier molecular flexibility index (Phi) is 5.32. The second kappa shape index (κ2) is 7.35. The molecule has 11 heteroatoms. The molecular formula is C15H16FN3O5S2. The number of nitrogens with zero attached hydrogens (tertiary/aromatic N) is 3. The number of aryl methyl sites for hydroxylation is 1. The van der Waals surface area contributed by atoms with Gasteiger partial charge < -0.3 is 4.74 Å². The van der Waals surface area contributed by atoms with Crippen LogP contribution in [0, 0.1) is 22.9 Å². The van der Waals surface area contributed by atoms with Gasteiger partial charge in [0.15, 0.2) is 0 Å². The topological polar surface area (TPSA) is 103 Å². The number of halogens is 1. The van der Waals surface area contributed by atoms with Crippen LogP contribution >= 0.6 is 11.3 Å². The zero-order valence-electron chi connectivity index (χ0n) is 13.8. The Bertz CT molecular complexity index is 931. The number of nitro groups is 1. The van der Waals surface area contributed by atoms with Crippen LogP contribution in [0.5, 0.6) is 0 Å². The molecule has 26 heavy (non-hydrogen) atoms. The third kappa shape index (κ3) is 4.06. The zero-order chi connectivity index (χ0) is 18.9. The molecule has 1 fully saturated rings. The van der Waals surface area contributed by atoms with Crippen LogP contribution in [0.4, 0.5) is 10.1 Å². The molecule has 1 aromatic carbocycles. The first-order chi connectivity index (χ1) is 12.3. The predicted molar refractivity (Wildman–Crippen MR) is 91.9 cm³/mol. The highest BCUT2D eigenvalue weighted by atomic mass is 32.2. The van der Waals surface area contributed by atoms with E-state index in [0.717, 1.165) is 27.1 Å². The Morgan fingerprint density at radius 2 is 2.23 bits per heavy atom. The van der Waals surface area contributed by atoms with Crippen molar-refractivity contribution in [1.82, 2.24) is 9.29 Å². The summed E-state index contributed by atoms with van der Waals surface area (Å²) in [6.45, 7) is 2.48. The summed E-state index contributed by atoms with van der Waals surface area (Å²) < 4.78 is 45.7. The number of hydrogen-bond donors (Lipinski definition) is 0. The van der Waals surface area contributed by atoms with E-state index in [2.05, 4.69) is 4.98 Å². The quantitative estimate of drug-likeness (QED) is 0.544. The lowest BCUT2D eigenvalue weighted by molar-refractivity contribution is -0.385. The number of nitro benzene ring substituents is 1. The van der Waals surface area contributed by atoms with Gasteiger partial charge in [0.25, 0.3) is 5.69 Å². The van der Waals surface area contributed by atoms with E-state index < -0.39 is 31.3 Å². The van der Waals surface area contributed by atoms with E-state index >= 15 is 0 Å². The third-order valence-electron chi connectivity index (χ3n) is 3.95. The summed E-state index contributed by atoms with van der Waals surface area (Å²) in [7, 11) is -4.03. The summed E-state index contributed by atoms with van der Waals surface area (Å²) in [4.78, 5) is 13.9. The molecule has 0 N–H and O–H groups in total. The van der Waals surface area contributed by atoms with Gasteiger partial charge in [0, 0.05) is 24.5 Å². The molecule has 3 rings (SSSR count). The number of non-ortho nitro benzene ring substituents is 1. The average molecular weight is 401 g/mol. The fourth-order valence-electron chi connectivity index (χ4n) is 2.68. The van der Waals surface area contributed by atoms with Crippen molar-refractivity contribution >= 4 is 27.0 Å². The van der Waals surface area contributed by atoms with Gasteiger partial charge in [-0.05, 0) is 19.4 Å². The van der Waals surface area contributed by atoms with Crippen LogP contribution in [0.2, 0.25) is 0 Å². The van der Waals surface area contributed by atoms with Gasteiger partial charge >= 0.3 is 0 Å². The molecule has 1 aliphatic rings. The summed E-state index contributed by atoms with van der Waals surface area (Å²) in [6.07, 6.45) is 0.176. The predicted octanol–water partition coefficient (Wildman–Crippen LogP) is 2.48. The van der Waals surface area contributed by atoms with Gasteiger partial charge in [-0.25, -0.2) is 17.8 Å². The van der Waals surface area contributed by atoms with Gasteiger partial charge in [0.05, 0.1) is 39.3 Å². The smallest absolute Gasteiger partial charge is 0.273 e. The Morgan fingerprint density at radius 3 is 2.88 bits per heavy atom. The zero-order valence-corrected chi connectivity index (χ0v) is 15.4. The van der Waals surface area contributed by atoms with Crippen molar-refractivity contribution in [2.45, 2.75) is 31.0 Å². The van der Waals surface area contributed by atoms with Crippen molar-refractivity contribution in [2.75, 3.05) is 13.1 Å². The van der Waals surface area contributed by atoms with Gasteiger partial charge in [-0.1, -0.05) is 0 Å². The van der Waals surface area contributed by atoms with Crippen LogP contribution in [0.15, 0.2) is 28.5 Å². The molecule has 8 nitrogen and oxygen atoms in total. The molecule has 2 heterocycles. The van der Waals surface area contributed by atoms with E-state index in [1.165, 1.54) is 11.3 Å². The van der Waals surface area contributed by atoms with Crippen molar-refractivity contribution in [3.8, 4) is 0 Å². The first-order valence-corrected chi connectivity index (χ1v) is 10.1. The van der Waals surface area contributed by atoms with Crippen LogP contribution in [0.25, 0.3) is 0 Å². The highest BCUT2D eigenvalue weighted by Crippen LogP contribution is 2.26. The van der Waals surface area contributed by atoms with Crippen LogP contribution < -0.4 is 0 Å². The van der Waals surface area contributed by atoms with Crippen LogP contribution in [-0.4, -0.2) is 41.8 Å². The minimum Gasteiger partial charge on any atom is -0.370 e. The molecule has 0 unspecified atom stereocenters. The maximum atomic E-state index is 13.6. The summed E-state index contributed by atoms with van der Waals surface area (Å²) >= 11 is 1.51. The monoisotopic (exact) mass is 401 g/mol. The van der Waals surface area contributed by atoms with Crippen molar-refractivity contribution in [2.24, 2.45) is 0 Å². The summed E-state index contributed by atoms with van der Waals surface area (Å²) in [5.41, 5.74) is 0.184. The van der Waals surface area contributed by atoms with Gasteiger partial charge in [-0.15, -0.1) is 11.3 Å². The molecule has 0 bridgehead atoms. The Labute approximate surface area is 153 Å². The first-order valence-electron chi connectivity index (χ1n) is 7.73. The van der Waals surface area contributed by atoms with Crippen LogP contribution in [-0.2, 0) is 21.4 Å². The average Bonchev–Trinajstić information content (AvgIpc) is 3.21. The second-order valence-electron chi connectivity index (χ2n) is 5.84. The highest BCUT2D eigenvalue weighted by molar-refractivity contribution is 7.89. The SMILES string of the molecule is Cc1nc(CO[C@@H]2CCN(S(=O)(=O)c3cc(F)cc([N+](=O)[O-])c3)C2)cs1. The number of hydrogen-bond acceptors (Lipinski definition) is 7. The first kappa shape index (κ1) is 18.8. The fourth-order valence-corrected chi connectivity index (χ4v) is 4.82. The van der Waals surface area contributed by atoms with E-state index in [0.29, 0.717) is 12.5 Å². The maximum Gasteiger partial charge on any atom is 0.273 e. The lowest BCUT2D eigenvalue weighted by Gasteiger charge is -2.16. The van der Waals surface area contributed by atoms with Gasteiger partial charge in [-0.3, -0.25) is 10.1 Å². The van der Waals surface area contributed by atoms with Crippen molar-refractivity contribution < 1.29 is 22.5 Å². The fraction of sp³-hybridized carbons (Fsp3) is 0.400. The number of thiazole rings is 1. The van der Waals surface area contributed by atoms with E-state index in [4.69, 9.17) is 4.74 Å². The third-order valence-corrected chi connectivity index (χ3v) is 6.61. The Hall–Kier alpha value is -1.95. The van der Waals surface area contributed by atoms with E-state index in [-0.39, 0.29) is 25.8 Å². The molecule has 0 saturated carbocycles. The van der Waals surface area contributed by atoms with Gasteiger partial charge in [0.2, 0.25) is 10.0 Å². The molecule has 2 aromatic rings. The van der Waals surface area contributed by atoms with E-state index in [1.54, 1.807) is 0 Å².